The normalized spacial score (nSPS) is 10.9. The van der Waals surface area contributed by atoms with E-state index in [0.717, 1.165) is 22.0 Å². The predicted molar refractivity (Wildman–Crippen MR) is 109 cm³/mol. The first-order valence-electron chi connectivity index (χ1n) is 8.71. The number of nitrogens with zero attached hydrogens (tertiary/aromatic N) is 4. The van der Waals surface area contributed by atoms with Gasteiger partial charge in [0.2, 0.25) is 5.91 Å². The highest BCUT2D eigenvalue weighted by Crippen LogP contribution is 2.24. The summed E-state index contributed by atoms with van der Waals surface area (Å²) in [6.45, 7) is 9.80. The maximum atomic E-state index is 12.5. The second-order valence-corrected chi connectivity index (χ2v) is 7.66. The smallest absolute Gasteiger partial charge is 0.252 e. The van der Waals surface area contributed by atoms with Crippen molar-refractivity contribution in [3.63, 3.8) is 0 Å². The number of rotatable bonds is 5. The summed E-state index contributed by atoms with van der Waals surface area (Å²) in [6, 6.07) is 9.97. The molecule has 1 aromatic carbocycles. The highest BCUT2D eigenvalue weighted by molar-refractivity contribution is 8.00. The highest BCUT2D eigenvalue weighted by Gasteiger charge is 2.14. The molecule has 0 aliphatic carbocycles. The van der Waals surface area contributed by atoms with Crippen LogP contribution in [0.2, 0.25) is 0 Å². The SMILES string of the molecule is Cc1ccc(C)c(SCC(=O)Nc2cc(C)nn2-c2nc(C)cc(C)n2)c1. The molecule has 0 unspecified atom stereocenters. The first-order valence-corrected chi connectivity index (χ1v) is 9.69. The zero-order valence-corrected chi connectivity index (χ0v) is 17.0. The van der Waals surface area contributed by atoms with E-state index >= 15 is 0 Å². The fraction of sp³-hybridized carbons (Fsp3) is 0.300. The molecular weight excluding hydrogens is 358 g/mol. The van der Waals surface area contributed by atoms with Crippen molar-refractivity contribution in [1.29, 1.82) is 0 Å². The van der Waals surface area contributed by atoms with Gasteiger partial charge in [-0.2, -0.15) is 9.78 Å². The summed E-state index contributed by atoms with van der Waals surface area (Å²) in [5.74, 6) is 1.26. The van der Waals surface area contributed by atoms with Crippen LogP contribution >= 0.6 is 11.8 Å². The summed E-state index contributed by atoms with van der Waals surface area (Å²) < 4.78 is 1.58. The minimum Gasteiger partial charge on any atom is -0.310 e. The third-order valence-corrected chi connectivity index (χ3v) is 5.12. The molecule has 0 saturated carbocycles. The number of anilines is 1. The lowest BCUT2D eigenvalue weighted by Crippen LogP contribution is -2.18. The van der Waals surface area contributed by atoms with E-state index in [4.69, 9.17) is 0 Å². The van der Waals surface area contributed by atoms with Crippen LogP contribution in [-0.2, 0) is 4.79 Å². The maximum absolute atomic E-state index is 12.5. The first kappa shape index (κ1) is 19.1. The average molecular weight is 382 g/mol. The quantitative estimate of drug-likeness (QED) is 0.678. The highest BCUT2D eigenvalue weighted by atomic mass is 32.2. The summed E-state index contributed by atoms with van der Waals surface area (Å²) in [4.78, 5) is 22.5. The first-order chi connectivity index (χ1) is 12.8. The number of benzene rings is 1. The number of carbonyl (C=O) groups excluding carboxylic acids is 1. The Morgan fingerprint density at radius 1 is 1.00 bits per heavy atom. The van der Waals surface area contributed by atoms with Crippen molar-refractivity contribution >= 4 is 23.5 Å². The zero-order chi connectivity index (χ0) is 19.6. The molecular formula is C20H23N5OS. The van der Waals surface area contributed by atoms with E-state index < -0.39 is 0 Å². The van der Waals surface area contributed by atoms with Crippen LogP contribution in [0.15, 0.2) is 35.2 Å². The van der Waals surface area contributed by atoms with Crippen molar-refractivity contribution in [2.45, 2.75) is 39.5 Å². The van der Waals surface area contributed by atoms with E-state index in [-0.39, 0.29) is 5.91 Å². The molecule has 27 heavy (non-hydrogen) atoms. The molecule has 0 spiro atoms. The molecule has 0 aliphatic rings. The van der Waals surface area contributed by atoms with Crippen LogP contribution in [0.5, 0.6) is 0 Å². The second kappa shape index (κ2) is 7.92. The fourth-order valence-corrected chi connectivity index (χ4v) is 3.65. The Hall–Kier alpha value is -2.67. The standard InChI is InChI=1S/C20H23N5OS/c1-12-6-7-13(2)17(8-12)27-11-19(26)23-18-10-16(5)24-25(18)20-21-14(3)9-15(4)22-20/h6-10H,11H2,1-5H3,(H,23,26). The van der Waals surface area contributed by atoms with Crippen molar-refractivity contribution in [3.8, 4) is 5.95 Å². The van der Waals surface area contributed by atoms with Crippen LogP contribution in [0.25, 0.3) is 5.95 Å². The van der Waals surface area contributed by atoms with Gasteiger partial charge in [0.15, 0.2) is 0 Å². The molecule has 7 heteroatoms. The predicted octanol–water partition coefficient (Wildman–Crippen LogP) is 3.94. The molecule has 1 N–H and O–H groups in total. The molecule has 0 fully saturated rings. The van der Waals surface area contributed by atoms with E-state index in [1.165, 1.54) is 22.9 Å². The van der Waals surface area contributed by atoms with Gasteiger partial charge in [0.1, 0.15) is 5.82 Å². The van der Waals surface area contributed by atoms with Crippen molar-refractivity contribution < 1.29 is 4.79 Å². The van der Waals surface area contributed by atoms with E-state index in [1.807, 2.05) is 32.9 Å². The van der Waals surface area contributed by atoms with Gasteiger partial charge in [-0.3, -0.25) is 4.79 Å². The Morgan fingerprint density at radius 3 is 2.41 bits per heavy atom. The molecule has 2 heterocycles. The lowest BCUT2D eigenvalue weighted by Gasteiger charge is -2.10. The number of hydrogen-bond acceptors (Lipinski definition) is 5. The van der Waals surface area contributed by atoms with Crippen LogP contribution in [0.3, 0.4) is 0 Å². The molecule has 140 valence electrons. The molecule has 0 aliphatic heterocycles. The lowest BCUT2D eigenvalue weighted by molar-refractivity contribution is -0.113. The summed E-state index contributed by atoms with van der Waals surface area (Å²) in [7, 11) is 0. The van der Waals surface area contributed by atoms with Gasteiger partial charge in [0.25, 0.3) is 5.95 Å². The van der Waals surface area contributed by atoms with Crippen LogP contribution in [-0.4, -0.2) is 31.4 Å². The number of nitrogens with one attached hydrogen (secondary N) is 1. The van der Waals surface area contributed by atoms with Gasteiger partial charge in [0.05, 0.1) is 11.4 Å². The summed E-state index contributed by atoms with van der Waals surface area (Å²) in [5.41, 5.74) is 4.85. The van der Waals surface area contributed by atoms with Crippen molar-refractivity contribution in [3.05, 3.63) is 58.5 Å². The number of aryl methyl sites for hydroxylation is 5. The van der Waals surface area contributed by atoms with Crippen molar-refractivity contribution in [2.24, 2.45) is 0 Å². The number of thioether (sulfide) groups is 1. The third-order valence-electron chi connectivity index (χ3n) is 3.96. The molecule has 3 aromatic rings. The molecule has 6 nitrogen and oxygen atoms in total. The van der Waals surface area contributed by atoms with Gasteiger partial charge in [-0.15, -0.1) is 11.8 Å². The van der Waals surface area contributed by atoms with Crippen LogP contribution < -0.4 is 5.32 Å². The second-order valence-electron chi connectivity index (χ2n) is 6.64. The summed E-state index contributed by atoms with van der Waals surface area (Å²) >= 11 is 1.53. The minimum atomic E-state index is -0.0913. The number of carbonyl (C=O) groups is 1. The Labute approximate surface area is 163 Å². The number of aromatic nitrogens is 4. The van der Waals surface area contributed by atoms with Crippen molar-refractivity contribution in [1.82, 2.24) is 19.7 Å². The topological polar surface area (TPSA) is 72.7 Å². The van der Waals surface area contributed by atoms with Gasteiger partial charge in [-0.1, -0.05) is 17.7 Å². The number of amides is 1. The molecule has 1 amide bonds. The summed E-state index contributed by atoms with van der Waals surface area (Å²) in [6.07, 6.45) is 0. The van der Waals surface area contributed by atoms with Gasteiger partial charge in [-0.05, 0) is 52.3 Å². The van der Waals surface area contributed by atoms with Gasteiger partial charge >= 0.3 is 0 Å². The molecule has 0 radical (unpaired) electrons. The monoisotopic (exact) mass is 381 g/mol. The maximum Gasteiger partial charge on any atom is 0.252 e. The van der Waals surface area contributed by atoms with E-state index in [1.54, 1.807) is 4.68 Å². The van der Waals surface area contributed by atoms with E-state index in [2.05, 4.69) is 52.4 Å². The Kier molecular flexibility index (Phi) is 5.60. The van der Waals surface area contributed by atoms with Crippen molar-refractivity contribution in [2.75, 3.05) is 11.1 Å². The lowest BCUT2D eigenvalue weighted by atomic mass is 10.2. The molecule has 0 saturated heterocycles. The van der Waals surface area contributed by atoms with Crippen LogP contribution in [0.1, 0.15) is 28.2 Å². The van der Waals surface area contributed by atoms with Gasteiger partial charge in [0, 0.05) is 22.3 Å². The zero-order valence-electron chi connectivity index (χ0n) is 16.2. The van der Waals surface area contributed by atoms with Gasteiger partial charge in [-0.25, -0.2) is 9.97 Å². The Morgan fingerprint density at radius 2 is 1.70 bits per heavy atom. The number of hydrogen-bond donors (Lipinski definition) is 1. The fourth-order valence-electron chi connectivity index (χ4n) is 2.73. The van der Waals surface area contributed by atoms with Crippen LogP contribution in [0.4, 0.5) is 5.82 Å². The largest absolute Gasteiger partial charge is 0.310 e. The molecule has 3 rings (SSSR count). The van der Waals surface area contributed by atoms with E-state index in [0.29, 0.717) is 17.5 Å². The Balaban J connectivity index is 1.76. The average Bonchev–Trinajstić information content (AvgIpc) is 2.95. The Bertz CT molecular complexity index is 976. The third kappa shape index (κ3) is 4.74. The molecule has 0 atom stereocenters. The molecule has 0 bridgehead atoms. The summed E-state index contributed by atoms with van der Waals surface area (Å²) in [5, 5.41) is 7.36. The molecule has 2 aromatic heterocycles. The minimum absolute atomic E-state index is 0.0913. The van der Waals surface area contributed by atoms with Gasteiger partial charge < -0.3 is 5.32 Å². The van der Waals surface area contributed by atoms with Crippen LogP contribution in [0, 0.1) is 34.6 Å². The van der Waals surface area contributed by atoms with E-state index in [9.17, 15) is 4.79 Å².